The normalized spacial score (nSPS) is 18.4. The summed E-state index contributed by atoms with van der Waals surface area (Å²) >= 11 is 0. The Labute approximate surface area is 63.5 Å². The third-order valence-electron chi connectivity index (χ3n) is 2.14. The minimum Gasteiger partial charge on any atom is -0.0633 e. The van der Waals surface area contributed by atoms with Crippen LogP contribution in [-0.2, 0) is 0 Å². The quantitative estimate of drug-likeness (QED) is 0.531. The molecule has 0 saturated carbocycles. The Morgan fingerprint density at radius 1 is 1.00 bits per heavy atom. The molecule has 1 aromatic carbocycles. The summed E-state index contributed by atoms with van der Waals surface area (Å²) in [5.74, 6) is 0. The molecule has 51 valence electrons. The summed E-state index contributed by atoms with van der Waals surface area (Å²) in [6.45, 7) is 0. The summed E-state index contributed by atoms with van der Waals surface area (Å²) in [4.78, 5) is 0. The van der Waals surface area contributed by atoms with Crippen LogP contribution in [0.3, 0.4) is 0 Å². The first-order valence-corrected chi connectivity index (χ1v) is 5.78. The molecule has 0 aliphatic carbocycles. The summed E-state index contributed by atoms with van der Waals surface area (Å²) in [7, 11) is -0.0260. The average Bonchev–Trinajstić information content (AvgIpc) is 1.86. The molecule has 1 fully saturated rings. The van der Waals surface area contributed by atoms with Gasteiger partial charge in [0, 0.05) is 0 Å². The number of rotatable bonds is 1. The Kier molecular flexibility index (Phi) is 1.59. The molecule has 1 aliphatic rings. The van der Waals surface area contributed by atoms with Crippen molar-refractivity contribution in [2.75, 3.05) is 0 Å². The minimum absolute atomic E-state index is 0.0260. The predicted molar refractivity (Wildman–Crippen MR) is 46.1 cm³/mol. The SMILES string of the molecule is c1ccc([Si]2CCC2)cc1. The standard InChI is InChI=1S/C9H11Si/c1-2-5-9(6-3-1)10-7-4-8-10/h1-3,5-6H,4,7-8H2. The maximum absolute atomic E-state index is 2.29. The predicted octanol–water partition coefficient (Wildman–Crippen LogP) is 1.79. The molecule has 0 aromatic heterocycles. The molecule has 0 spiro atoms. The molecule has 1 saturated heterocycles. The molecule has 0 atom stereocenters. The summed E-state index contributed by atoms with van der Waals surface area (Å²) < 4.78 is 0. The fraction of sp³-hybridized carbons (Fsp3) is 0.333. The lowest BCUT2D eigenvalue weighted by molar-refractivity contribution is 0.951. The lowest BCUT2D eigenvalue weighted by Gasteiger charge is -2.23. The highest BCUT2D eigenvalue weighted by Gasteiger charge is 2.20. The van der Waals surface area contributed by atoms with Crippen molar-refractivity contribution in [1.82, 2.24) is 0 Å². The Balaban J connectivity index is 2.18. The summed E-state index contributed by atoms with van der Waals surface area (Å²) in [6.07, 6.45) is 1.48. The molecule has 1 heterocycles. The molecule has 1 heteroatoms. The van der Waals surface area contributed by atoms with Crippen LogP contribution in [0.25, 0.3) is 0 Å². The Morgan fingerprint density at radius 3 is 2.20 bits per heavy atom. The van der Waals surface area contributed by atoms with E-state index in [1.807, 2.05) is 0 Å². The smallest absolute Gasteiger partial charge is 0.0633 e. The van der Waals surface area contributed by atoms with Crippen LogP contribution in [0.1, 0.15) is 6.42 Å². The van der Waals surface area contributed by atoms with Gasteiger partial charge in [0.25, 0.3) is 0 Å². The zero-order valence-corrected chi connectivity index (χ0v) is 7.01. The Bertz CT molecular complexity index is 201. The summed E-state index contributed by atoms with van der Waals surface area (Å²) in [6, 6.07) is 14.0. The molecule has 10 heavy (non-hydrogen) atoms. The highest BCUT2D eigenvalue weighted by molar-refractivity contribution is 6.75. The van der Waals surface area contributed by atoms with Crippen molar-refractivity contribution in [2.24, 2.45) is 0 Å². The molecule has 0 unspecified atom stereocenters. The number of hydrogen-bond donors (Lipinski definition) is 0. The van der Waals surface area contributed by atoms with Gasteiger partial charge in [-0.2, -0.15) is 0 Å². The van der Waals surface area contributed by atoms with Crippen LogP contribution in [0.4, 0.5) is 0 Å². The van der Waals surface area contributed by atoms with Crippen molar-refractivity contribution < 1.29 is 0 Å². The van der Waals surface area contributed by atoms with Gasteiger partial charge in [-0.15, -0.1) is 0 Å². The van der Waals surface area contributed by atoms with Crippen molar-refractivity contribution >= 4 is 14.0 Å². The van der Waals surface area contributed by atoms with Crippen molar-refractivity contribution in [3.63, 3.8) is 0 Å². The first kappa shape index (κ1) is 6.17. The molecule has 0 amide bonds. The molecule has 0 N–H and O–H groups in total. The van der Waals surface area contributed by atoms with Gasteiger partial charge in [-0.25, -0.2) is 0 Å². The van der Waals surface area contributed by atoms with E-state index in [0.29, 0.717) is 0 Å². The molecular formula is C9H11Si. The fourth-order valence-corrected chi connectivity index (χ4v) is 3.26. The van der Waals surface area contributed by atoms with E-state index in [-0.39, 0.29) is 8.80 Å². The summed E-state index contributed by atoms with van der Waals surface area (Å²) in [5.41, 5.74) is 0. The maximum Gasteiger partial charge on any atom is 0.0856 e. The molecular weight excluding hydrogens is 136 g/mol. The van der Waals surface area contributed by atoms with Gasteiger partial charge in [0.1, 0.15) is 0 Å². The number of benzene rings is 1. The van der Waals surface area contributed by atoms with E-state index in [9.17, 15) is 0 Å². The lowest BCUT2D eigenvalue weighted by Crippen LogP contribution is -2.35. The lowest BCUT2D eigenvalue weighted by atomic mass is 10.4. The molecule has 2 rings (SSSR count). The molecule has 0 bridgehead atoms. The Hall–Kier alpha value is -0.563. The highest BCUT2D eigenvalue weighted by Crippen LogP contribution is 2.19. The largest absolute Gasteiger partial charge is 0.0856 e. The minimum atomic E-state index is -0.0260. The van der Waals surface area contributed by atoms with Crippen LogP contribution in [0.5, 0.6) is 0 Å². The van der Waals surface area contributed by atoms with E-state index < -0.39 is 0 Å². The van der Waals surface area contributed by atoms with Crippen LogP contribution in [-0.4, -0.2) is 8.80 Å². The van der Waals surface area contributed by atoms with Crippen molar-refractivity contribution in [3.8, 4) is 0 Å². The van der Waals surface area contributed by atoms with Gasteiger partial charge in [0.15, 0.2) is 0 Å². The van der Waals surface area contributed by atoms with Gasteiger partial charge < -0.3 is 0 Å². The van der Waals surface area contributed by atoms with E-state index in [1.54, 1.807) is 5.19 Å². The van der Waals surface area contributed by atoms with Gasteiger partial charge in [-0.05, 0) is 0 Å². The fourth-order valence-electron chi connectivity index (χ4n) is 1.32. The van der Waals surface area contributed by atoms with Gasteiger partial charge in [-0.3, -0.25) is 0 Å². The van der Waals surface area contributed by atoms with E-state index in [0.717, 1.165) is 0 Å². The van der Waals surface area contributed by atoms with E-state index in [2.05, 4.69) is 30.3 Å². The van der Waals surface area contributed by atoms with Gasteiger partial charge in [0.2, 0.25) is 0 Å². The second-order valence-corrected chi connectivity index (χ2v) is 5.61. The first-order valence-electron chi connectivity index (χ1n) is 3.87. The topological polar surface area (TPSA) is 0 Å². The average molecular weight is 147 g/mol. The Morgan fingerprint density at radius 2 is 1.70 bits per heavy atom. The van der Waals surface area contributed by atoms with Crippen LogP contribution in [0.15, 0.2) is 30.3 Å². The van der Waals surface area contributed by atoms with Crippen LogP contribution >= 0.6 is 0 Å². The van der Waals surface area contributed by atoms with Crippen molar-refractivity contribution in [3.05, 3.63) is 30.3 Å². The molecule has 1 radical (unpaired) electrons. The van der Waals surface area contributed by atoms with Gasteiger partial charge >= 0.3 is 0 Å². The zero-order valence-electron chi connectivity index (χ0n) is 6.01. The highest BCUT2D eigenvalue weighted by atomic mass is 28.3. The third-order valence-corrected chi connectivity index (χ3v) is 5.20. The second kappa shape index (κ2) is 2.58. The van der Waals surface area contributed by atoms with Gasteiger partial charge in [0.05, 0.1) is 8.80 Å². The molecule has 0 nitrogen and oxygen atoms in total. The van der Waals surface area contributed by atoms with E-state index in [4.69, 9.17) is 0 Å². The number of hydrogen-bond acceptors (Lipinski definition) is 0. The summed E-state index contributed by atoms with van der Waals surface area (Å²) in [5, 5.41) is 1.64. The second-order valence-electron chi connectivity index (χ2n) is 2.82. The van der Waals surface area contributed by atoms with Crippen LogP contribution in [0.2, 0.25) is 12.1 Å². The van der Waals surface area contributed by atoms with Crippen LogP contribution in [0, 0.1) is 0 Å². The molecule has 1 aliphatic heterocycles. The first-order chi connectivity index (χ1) is 4.97. The molecule has 1 aromatic rings. The van der Waals surface area contributed by atoms with Crippen molar-refractivity contribution in [2.45, 2.75) is 18.5 Å². The zero-order chi connectivity index (χ0) is 6.81. The van der Waals surface area contributed by atoms with Gasteiger partial charge in [-0.1, -0.05) is 54.0 Å². The van der Waals surface area contributed by atoms with Crippen molar-refractivity contribution in [1.29, 1.82) is 0 Å². The monoisotopic (exact) mass is 147 g/mol. The van der Waals surface area contributed by atoms with E-state index >= 15 is 0 Å². The third kappa shape index (κ3) is 1.01. The van der Waals surface area contributed by atoms with E-state index in [1.165, 1.54) is 18.5 Å². The maximum atomic E-state index is 2.29. The van der Waals surface area contributed by atoms with Crippen LogP contribution < -0.4 is 5.19 Å².